The minimum atomic E-state index is -0.844. The minimum Gasteiger partial charge on any atom is -0.454 e. The van der Waals surface area contributed by atoms with E-state index in [0.29, 0.717) is 28.4 Å². The van der Waals surface area contributed by atoms with E-state index >= 15 is 0 Å². The molecule has 1 aliphatic rings. The van der Waals surface area contributed by atoms with Gasteiger partial charge in [-0.3, -0.25) is 9.59 Å². The molecule has 6 nitrogen and oxygen atoms in total. The first kappa shape index (κ1) is 23.2. The van der Waals surface area contributed by atoms with Crippen LogP contribution in [0.2, 0.25) is 5.02 Å². The number of benzene rings is 2. The SMILES string of the molecule is CSCCC(NC(=O)c1ccc(Cl)cc1)C(=O)OCC(=O)Nc1ccc2c(c1)CCC2. The van der Waals surface area contributed by atoms with Gasteiger partial charge in [0.2, 0.25) is 0 Å². The Bertz CT molecular complexity index is 949. The molecule has 0 fully saturated rings. The van der Waals surface area contributed by atoms with Gasteiger partial charge in [-0.15, -0.1) is 0 Å². The molecule has 0 aliphatic heterocycles. The lowest BCUT2D eigenvalue weighted by atomic mass is 10.1. The number of hydrogen-bond acceptors (Lipinski definition) is 5. The number of esters is 1. The number of carbonyl (C=O) groups is 3. The molecule has 2 aromatic carbocycles. The normalized spacial score (nSPS) is 13.2. The Morgan fingerprint density at radius 2 is 1.84 bits per heavy atom. The van der Waals surface area contributed by atoms with E-state index < -0.39 is 30.4 Å². The second kappa shape index (κ2) is 11.2. The minimum absolute atomic E-state index is 0.390. The Balaban J connectivity index is 1.53. The Morgan fingerprint density at radius 1 is 1.10 bits per heavy atom. The van der Waals surface area contributed by atoms with E-state index in [-0.39, 0.29) is 0 Å². The highest BCUT2D eigenvalue weighted by Crippen LogP contribution is 2.24. The smallest absolute Gasteiger partial charge is 0.329 e. The Labute approximate surface area is 191 Å². The number of aryl methyl sites for hydroxylation is 2. The number of rotatable bonds is 9. The second-order valence-corrected chi connectivity index (χ2v) is 8.73. The molecule has 8 heteroatoms. The maximum atomic E-state index is 12.5. The van der Waals surface area contributed by atoms with E-state index in [0.717, 1.165) is 19.3 Å². The van der Waals surface area contributed by atoms with Gasteiger partial charge in [0.1, 0.15) is 6.04 Å². The third-order valence-corrected chi connectivity index (χ3v) is 5.93. The zero-order valence-electron chi connectivity index (χ0n) is 17.3. The molecule has 0 aromatic heterocycles. The topological polar surface area (TPSA) is 84.5 Å². The molecule has 1 atom stereocenters. The lowest BCUT2D eigenvalue weighted by molar-refractivity contribution is -0.149. The molecule has 0 saturated carbocycles. The van der Waals surface area contributed by atoms with Crippen molar-refractivity contribution in [1.82, 2.24) is 5.32 Å². The van der Waals surface area contributed by atoms with Crippen molar-refractivity contribution in [3.8, 4) is 0 Å². The highest BCUT2D eigenvalue weighted by molar-refractivity contribution is 7.98. The van der Waals surface area contributed by atoms with Gasteiger partial charge in [0.25, 0.3) is 11.8 Å². The number of fused-ring (bicyclic) bond motifs is 1. The Morgan fingerprint density at radius 3 is 2.58 bits per heavy atom. The van der Waals surface area contributed by atoms with Crippen LogP contribution in [0.4, 0.5) is 5.69 Å². The van der Waals surface area contributed by atoms with Gasteiger partial charge >= 0.3 is 5.97 Å². The van der Waals surface area contributed by atoms with E-state index in [1.165, 1.54) is 11.1 Å². The third kappa shape index (κ3) is 6.74. The third-order valence-electron chi connectivity index (χ3n) is 5.03. The molecule has 2 aromatic rings. The van der Waals surface area contributed by atoms with E-state index in [2.05, 4.69) is 10.6 Å². The molecule has 1 unspecified atom stereocenters. The number of nitrogens with one attached hydrogen (secondary N) is 2. The van der Waals surface area contributed by atoms with Gasteiger partial charge in [-0.2, -0.15) is 11.8 Å². The van der Waals surface area contributed by atoms with Crippen molar-refractivity contribution in [3.05, 3.63) is 64.2 Å². The average molecular weight is 461 g/mol. The number of anilines is 1. The van der Waals surface area contributed by atoms with Gasteiger partial charge < -0.3 is 15.4 Å². The molecule has 164 valence electrons. The molecule has 0 heterocycles. The van der Waals surface area contributed by atoms with Gasteiger partial charge in [-0.25, -0.2) is 4.79 Å². The maximum Gasteiger partial charge on any atom is 0.329 e. The zero-order valence-corrected chi connectivity index (χ0v) is 18.9. The summed E-state index contributed by atoms with van der Waals surface area (Å²) in [5, 5.41) is 5.97. The van der Waals surface area contributed by atoms with E-state index in [1.54, 1.807) is 36.0 Å². The van der Waals surface area contributed by atoms with Crippen LogP contribution < -0.4 is 10.6 Å². The largest absolute Gasteiger partial charge is 0.454 e. The maximum absolute atomic E-state index is 12.5. The summed E-state index contributed by atoms with van der Waals surface area (Å²) in [5.74, 6) is -0.802. The molecule has 0 saturated heterocycles. The fourth-order valence-corrected chi connectivity index (χ4v) is 4.01. The predicted molar refractivity (Wildman–Crippen MR) is 124 cm³/mol. The van der Waals surface area contributed by atoms with Crippen molar-refractivity contribution >= 4 is 46.8 Å². The van der Waals surface area contributed by atoms with Crippen LogP contribution in [0.1, 0.15) is 34.3 Å². The highest BCUT2D eigenvalue weighted by Gasteiger charge is 2.23. The number of hydrogen-bond donors (Lipinski definition) is 2. The zero-order chi connectivity index (χ0) is 22.2. The van der Waals surface area contributed by atoms with E-state index in [9.17, 15) is 14.4 Å². The van der Waals surface area contributed by atoms with Crippen molar-refractivity contribution < 1.29 is 19.1 Å². The summed E-state index contributed by atoms with van der Waals surface area (Å²) in [6.45, 7) is -0.414. The fraction of sp³-hybridized carbons (Fsp3) is 0.348. The lowest BCUT2D eigenvalue weighted by Gasteiger charge is -2.17. The highest BCUT2D eigenvalue weighted by atomic mass is 35.5. The van der Waals surface area contributed by atoms with Gasteiger partial charge in [-0.1, -0.05) is 17.7 Å². The van der Waals surface area contributed by atoms with Crippen LogP contribution in [-0.2, 0) is 27.2 Å². The molecule has 3 rings (SSSR count). The van der Waals surface area contributed by atoms with Crippen molar-refractivity contribution in [2.75, 3.05) is 23.9 Å². The Kier molecular flexibility index (Phi) is 8.37. The van der Waals surface area contributed by atoms with Crippen LogP contribution in [0, 0.1) is 0 Å². The molecule has 0 spiro atoms. The summed E-state index contributed by atoms with van der Waals surface area (Å²) >= 11 is 7.40. The predicted octanol–water partition coefficient (Wildman–Crippen LogP) is 3.86. The lowest BCUT2D eigenvalue weighted by Crippen LogP contribution is -2.43. The van der Waals surface area contributed by atoms with Gasteiger partial charge in [0, 0.05) is 16.3 Å². The first-order valence-corrected chi connectivity index (χ1v) is 11.9. The first-order chi connectivity index (χ1) is 15.0. The summed E-state index contributed by atoms with van der Waals surface area (Å²) in [5.41, 5.74) is 3.65. The number of carbonyl (C=O) groups excluding carboxylic acids is 3. The average Bonchev–Trinajstić information content (AvgIpc) is 3.23. The van der Waals surface area contributed by atoms with Crippen LogP contribution in [0.15, 0.2) is 42.5 Å². The summed E-state index contributed by atoms with van der Waals surface area (Å²) in [7, 11) is 0. The van der Waals surface area contributed by atoms with Crippen molar-refractivity contribution in [2.45, 2.75) is 31.7 Å². The van der Waals surface area contributed by atoms with Crippen LogP contribution in [-0.4, -0.2) is 42.4 Å². The van der Waals surface area contributed by atoms with Gasteiger partial charge in [0.05, 0.1) is 0 Å². The molecule has 31 heavy (non-hydrogen) atoms. The second-order valence-electron chi connectivity index (χ2n) is 7.31. The van der Waals surface area contributed by atoms with Crippen LogP contribution in [0.25, 0.3) is 0 Å². The molecule has 0 bridgehead atoms. The molecular formula is C23H25ClN2O4S. The monoisotopic (exact) mass is 460 g/mol. The van der Waals surface area contributed by atoms with Crippen LogP contribution in [0.5, 0.6) is 0 Å². The number of thioether (sulfide) groups is 1. The van der Waals surface area contributed by atoms with Crippen LogP contribution >= 0.6 is 23.4 Å². The molecule has 0 radical (unpaired) electrons. The van der Waals surface area contributed by atoms with E-state index in [1.807, 2.05) is 24.5 Å². The first-order valence-electron chi connectivity index (χ1n) is 10.1. The molecule has 1 aliphatic carbocycles. The molecular weight excluding hydrogens is 436 g/mol. The molecule has 2 amide bonds. The van der Waals surface area contributed by atoms with E-state index in [4.69, 9.17) is 16.3 Å². The summed E-state index contributed by atoms with van der Waals surface area (Å²) in [6.07, 6.45) is 5.52. The van der Waals surface area contributed by atoms with Crippen molar-refractivity contribution in [1.29, 1.82) is 0 Å². The van der Waals surface area contributed by atoms with Gasteiger partial charge in [-0.05, 0) is 85.2 Å². The van der Waals surface area contributed by atoms with Crippen molar-refractivity contribution in [2.24, 2.45) is 0 Å². The Hall–Kier alpha value is -2.51. The summed E-state index contributed by atoms with van der Waals surface area (Å²) < 4.78 is 5.19. The quantitative estimate of drug-likeness (QED) is 0.555. The van der Waals surface area contributed by atoms with Crippen LogP contribution in [0.3, 0.4) is 0 Å². The number of amides is 2. The molecule has 2 N–H and O–H groups in total. The van der Waals surface area contributed by atoms with Crippen molar-refractivity contribution in [3.63, 3.8) is 0 Å². The number of ether oxygens (including phenoxy) is 1. The van der Waals surface area contributed by atoms with Gasteiger partial charge in [0.15, 0.2) is 6.61 Å². The summed E-state index contributed by atoms with van der Waals surface area (Å²) in [6, 6.07) is 11.4. The standard InChI is InChI=1S/C23H25ClN2O4S/c1-31-12-11-20(26-22(28)16-5-8-18(24)9-6-16)23(29)30-14-21(27)25-19-10-7-15-3-2-4-17(15)13-19/h5-10,13,20H,2-4,11-12,14H2,1H3,(H,25,27)(H,26,28). The fourth-order valence-electron chi connectivity index (χ4n) is 3.41. The summed E-state index contributed by atoms with van der Waals surface area (Å²) in [4.78, 5) is 37.2. The number of halogens is 1.